The first-order valence-electron chi connectivity index (χ1n) is 8.40. The Kier molecular flexibility index (Phi) is 8.91. The van der Waals surface area contributed by atoms with Gasteiger partial charge in [0.1, 0.15) is 0 Å². The van der Waals surface area contributed by atoms with E-state index < -0.39 is 0 Å². The maximum absolute atomic E-state index is 5.38. The Balaban J connectivity index is 2.66. The third-order valence-corrected chi connectivity index (χ3v) is 4.05. The molecule has 0 radical (unpaired) electrons. The summed E-state index contributed by atoms with van der Waals surface area (Å²) in [6.07, 6.45) is 0. The minimum Gasteiger partial charge on any atom is -0.493 e. The molecule has 0 aliphatic carbocycles. The van der Waals surface area contributed by atoms with Crippen molar-refractivity contribution in [3.63, 3.8) is 0 Å². The Labute approximate surface area is 151 Å². The van der Waals surface area contributed by atoms with E-state index in [-0.39, 0.29) is 0 Å². The zero-order valence-corrected chi connectivity index (χ0v) is 16.5. The van der Waals surface area contributed by atoms with Gasteiger partial charge < -0.3 is 29.7 Å². The Morgan fingerprint density at radius 3 is 2.12 bits per heavy atom. The van der Waals surface area contributed by atoms with Crippen LogP contribution in [0.4, 0.5) is 0 Å². The lowest BCUT2D eigenvalue weighted by Crippen LogP contribution is -2.41. The lowest BCUT2D eigenvalue weighted by Gasteiger charge is -2.21. The van der Waals surface area contributed by atoms with Gasteiger partial charge in [0.25, 0.3) is 0 Å². The predicted molar refractivity (Wildman–Crippen MR) is 102 cm³/mol. The normalized spacial score (nSPS) is 11.6. The summed E-state index contributed by atoms with van der Waals surface area (Å²) >= 11 is 0. The molecule has 25 heavy (non-hydrogen) atoms. The molecule has 1 aromatic carbocycles. The van der Waals surface area contributed by atoms with E-state index in [0.29, 0.717) is 29.8 Å². The van der Waals surface area contributed by atoms with Gasteiger partial charge in [-0.1, -0.05) is 0 Å². The van der Waals surface area contributed by atoms with Crippen LogP contribution in [-0.4, -0.2) is 65.4 Å². The molecule has 0 aromatic heterocycles. The monoisotopic (exact) mass is 352 g/mol. The van der Waals surface area contributed by atoms with Crippen LogP contribution >= 0.6 is 0 Å². The highest BCUT2D eigenvalue weighted by molar-refractivity contribution is 5.79. The molecule has 0 aliphatic rings. The van der Waals surface area contributed by atoms with E-state index in [1.54, 1.807) is 28.4 Å². The summed E-state index contributed by atoms with van der Waals surface area (Å²) in [5.74, 6) is 2.62. The number of nitrogens with one attached hydrogen (secondary N) is 2. The molecule has 0 fully saturated rings. The summed E-state index contributed by atoms with van der Waals surface area (Å²) in [7, 11) is 8.69. The molecule has 7 nitrogen and oxygen atoms in total. The molecular weight excluding hydrogens is 320 g/mol. The molecule has 1 rings (SSSR count). The highest BCUT2D eigenvalue weighted by atomic mass is 16.5. The van der Waals surface area contributed by atoms with Crippen LogP contribution in [0.2, 0.25) is 0 Å². The van der Waals surface area contributed by atoms with E-state index in [1.165, 1.54) is 0 Å². The molecular formula is C18H32N4O3. The maximum Gasteiger partial charge on any atom is 0.203 e. The van der Waals surface area contributed by atoms with Crippen LogP contribution < -0.4 is 24.8 Å². The van der Waals surface area contributed by atoms with Crippen LogP contribution in [0.5, 0.6) is 17.2 Å². The molecule has 1 aromatic rings. The van der Waals surface area contributed by atoms with Gasteiger partial charge in [0.2, 0.25) is 5.75 Å². The van der Waals surface area contributed by atoms with Crippen LogP contribution in [0.25, 0.3) is 0 Å². The number of rotatable bonds is 9. The number of guanidine groups is 1. The Morgan fingerprint density at radius 1 is 1.08 bits per heavy atom. The van der Waals surface area contributed by atoms with Gasteiger partial charge in [-0.15, -0.1) is 0 Å². The number of nitrogens with zero attached hydrogens (tertiary/aromatic N) is 2. The van der Waals surface area contributed by atoms with E-state index >= 15 is 0 Å². The standard InChI is InChI=1S/C18H32N4O3/c1-13(2)22(4)9-8-20-18(19-3)21-12-14-10-15(23-5)17(25-7)16(11-14)24-6/h10-11,13H,8-9,12H2,1-7H3,(H2,19,20,21). The van der Waals surface area contributed by atoms with E-state index in [4.69, 9.17) is 14.2 Å². The van der Waals surface area contributed by atoms with Gasteiger partial charge in [0, 0.05) is 32.7 Å². The molecule has 2 N–H and O–H groups in total. The van der Waals surface area contributed by atoms with Gasteiger partial charge in [-0.2, -0.15) is 0 Å². The summed E-state index contributed by atoms with van der Waals surface area (Å²) < 4.78 is 16.1. The molecule has 0 saturated carbocycles. The van der Waals surface area contributed by atoms with E-state index in [1.807, 2.05) is 12.1 Å². The van der Waals surface area contributed by atoms with E-state index in [9.17, 15) is 0 Å². The van der Waals surface area contributed by atoms with Crippen molar-refractivity contribution in [3.8, 4) is 17.2 Å². The molecule has 0 unspecified atom stereocenters. The minimum absolute atomic E-state index is 0.524. The molecule has 0 spiro atoms. The Morgan fingerprint density at radius 2 is 1.68 bits per heavy atom. The van der Waals surface area contributed by atoms with Crippen molar-refractivity contribution < 1.29 is 14.2 Å². The average Bonchev–Trinajstić information content (AvgIpc) is 2.62. The van der Waals surface area contributed by atoms with Crippen molar-refractivity contribution in [2.24, 2.45) is 4.99 Å². The number of hydrogen-bond acceptors (Lipinski definition) is 5. The van der Waals surface area contributed by atoms with Crippen molar-refractivity contribution in [2.45, 2.75) is 26.4 Å². The fourth-order valence-corrected chi connectivity index (χ4v) is 2.25. The van der Waals surface area contributed by atoms with Crippen molar-refractivity contribution in [1.82, 2.24) is 15.5 Å². The van der Waals surface area contributed by atoms with Crippen molar-refractivity contribution in [2.75, 3.05) is 48.5 Å². The molecule has 0 aliphatic heterocycles. The minimum atomic E-state index is 0.524. The summed E-state index contributed by atoms with van der Waals surface area (Å²) in [5, 5.41) is 6.61. The maximum atomic E-state index is 5.38. The third kappa shape index (κ3) is 6.34. The molecule has 0 amide bonds. The Hall–Kier alpha value is -2.15. The van der Waals surface area contributed by atoms with Crippen molar-refractivity contribution >= 4 is 5.96 Å². The lowest BCUT2D eigenvalue weighted by atomic mass is 10.2. The fraction of sp³-hybridized carbons (Fsp3) is 0.611. The first-order chi connectivity index (χ1) is 12.0. The smallest absolute Gasteiger partial charge is 0.203 e. The largest absolute Gasteiger partial charge is 0.493 e. The third-order valence-electron chi connectivity index (χ3n) is 4.05. The first-order valence-corrected chi connectivity index (χ1v) is 8.40. The van der Waals surface area contributed by atoms with Gasteiger partial charge >= 0.3 is 0 Å². The van der Waals surface area contributed by atoms with Gasteiger partial charge in [-0.3, -0.25) is 4.99 Å². The molecule has 0 atom stereocenters. The first kappa shape index (κ1) is 20.9. The molecule has 0 saturated heterocycles. The second-order valence-electron chi connectivity index (χ2n) is 5.96. The number of aliphatic imine (C=N–C) groups is 1. The number of hydrogen-bond donors (Lipinski definition) is 2. The highest BCUT2D eigenvalue weighted by Crippen LogP contribution is 2.38. The van der Waals surface area contributed by atoms with E-state index in [0.717, 1.165) is 24.6 Å². The number of likely N-dealkylation sites (N-methyl/N-ethyl adjacent to an activating group) is 1. The zero-order valence-electron chi connectivity index (χ0n) is 16.5. The lowest BCUT2D eigenvalue weighted by molar-refractivity contribution is 0.278. The van der Waals surface area contributed by atoms with Gasteiger partial charge in [-0.25, -0.2) is 0 Å². The van der Waals surface area contributed by atoms with Crippen molar-refractivity contribution in [3.05, 3.63) is 17.7 Å². The fourth-order valence-electron chi connectivity index (χ4n) is 2.25. The molecule has 7 heteroatoms. The van der Waals surface area contributed by atoms with Gasteiger partial charge in [0.15, 0.2) is 17.5 Å². The molecule has 0 heterocycles. The summed E-state index contributed by atoms with van der Waals surface area (Å²) in [4.78, 5) is 6.53. The SMILES string of the molecule is CN=C(NCCN(C)C(C)C)NCc1cc(OC)c(OC)c(OC)c1. The Bertz CT molecular complexity index is 536. The number of methoxy groups -OCH3 is 3. The topological polar surface area (TPSA) is 67.4 Å². The second kappa shape index (κ2) is 10.7. The summed E-state index contributed by atoms with van der Waals surface area (Å²) in [6, 6.07) is 4.37. The van der Waals surface area contributed by atoms with Crippen LogP contribution in [-0.2, 0) is 6.54 Å². The second-order valence-corrected chi connectivity index (χ2v) is 5.96. The van der Waals surface area contributed by atoms with Crippen molar-refractivity contribution in [1.29, 1.82) is 0 Å². The van der Waals surface area contributed by atoms with E-state index in [2.05, 4.69) is 41.4 Å². The number of benzene rings is 1. The summed E-state index contributed by atoms with van der Waals surface area (Å²) in [6.45, 7) is 6.72. The van der Waals surface area contributed by atoms with Gasteiger partial charge in [0.05, 0.1) is 21.3 Å². The predicted octanol–water partition coefficient (Wildman–Crippen LogP) is 1.72. The van der Waals surface area contributed by atoms with Crippen LogP contribution in [0, 0.1) is 0 Å². The number of ether oxygens (including phenoxy) is 3. The van der Waals surface area contributed by atoms with Gasteiger partial charge in [-0.05, 0) is 38.6 Å². The van der Waals surface area contributed by atoms with Crippen LogP contribution in [0.3, 0.4) is 0 Å². The quantitative estimate of drug-likeness (QED) is 0.521. The highest BCUT2D eigenvalue weighted by Gasteiger charge is 2.13. The summed E-state index contributed by atoms with van der Waals surface area (Å²) in [5.41, 5.74) is 1.01. The average molecular weight is 352 g/mol. The van der Waals surface area contributed by atoms with Crippen LogP contribution in [0.1, 0.15) is 19.4 Å². The zero-order chi connectivity index (χ0) is 18.8. The van der Waals surface area contributed by atoms with Crippen LogP contribution in [0.15, 0.2) is 17.1 Å². The molecule has 0 bridgehead atoms. The molecule has 142 valence electrons.